The predicted octanol–water partition coefficient (Wildman–Crippen LogP) is 2.01. The van der Waals surface area contributed by atoms with Crippen molar-refractivity contribution in [1.82, 2.24) is 0 Å². The standard InChI is InChI=1S/C12H16O3S/c1-12(15,11(13)14)6-8-7-16-10-5-3-2-4-9(8)10/h7,15H,2-6H2,1H3,(H,13,14). The SMILES string of the molecule is CC(O)(Cc1csc2c1CCCC2)C(=O)O. The lowest BCUT2D eigenvalue weighted by molar-refractivity contribution is -0.156. The second kappa shape index (κ2) is 4.18. The van der Waals surface area contributed by atoms with Gasteiger partial charge in [0.05, 0.1) is 0 Å². The lowest BCUT2D eigenvalue weighted by Gasteiger charge is -2.19. The highest BCUT2D eigenvalue weighted by atomic mass is 32.1. The number of rotatable bonds is 3. The van der Waals surface area contributed by atoms with Crippen LogP contribution in [0.4, 0.5) is 0 Å². The normalized spacial score (nSPS) is 18.9. The predicted molar refractivity (Wildman–Crippen MR) is 62.9 cm³/mol. The van der Waals surface area contributed by atoms with Crippen molar-refractivity contribution in [3.05, 3.63) is 21.4 Å². The smallest absolute Gasteiger partial charge is 0.335 e. The molecular formula is C12H16O3S. The van der Waals surface area contributed by atoms with E-state index in [0.717, 1.165) is 18.4 Å². The lowest BCUT2D eigenvalue weighted by Crippen LogP contribution is -2.37. The summed E-state index contributed by atoms with van der Waals surface area (Å²) in [6, 6.07) is 0. The van der Waals surface area contributed by atoms with Gasteiger partial charge in [-0.05, 0) is 49.1 Å². The third-order valence-corrected chi connectivity index (χ3v) is 4.28. The van der Waals surface area contributed by atoms with Crippen LogP contribution in [0.15, 0.2) is 5.38 Å². The zero-order valence-corrected chi connectivity index (χ0v) is 10.1. The third kappa shape index (κ3) is 2.13. The van der Waals surface area contributed by atoms with Crippen LogP contribution in [-0.2, 0) is 24.1 Å². The van der Waals surface area contributed by atoms with Crippen LogP contribution in [0.2, 0.25) is 0 Å². The molecule has 0 fully saturated rings. The maximum atomic E-state index is 10.9. The van der Waals surface area contributed by atoms with Gasteiger partial charge in [0.1, 0.15) is 0 Å². The number of carboxylic acid groups (broad SMARTS) is 1. The van der Waals surface area contributed by atoms with Gasteiger partial charge in [0.25, 0.3) is 0 Å². The molecule has 0 spiro atoms. The Morgan fingerprint density at radius 1 is 1.50 bits per heavy atom. The van der Waals surface area contributed by atoms with Crippen LogP contribution in [0, 0.1) is 0 Å². The molecule has 4 heteroatoms. The summed E-state index contributed by atoms with van der Waals surface area (Å²) in [4.78, 5) is 12.2. The average molecular weight is 240 g/mol. The van der Waals surface area contributed by atoms with Crippen LogP contribution in [0.3, 0.4) is 0 Å². The van der Waals surface area contributed by atoms with Gasteiger partial charge in [-0.15, -0.1) is 11.3 Å². The summed E-state index contributed by atoms with van der Waals surface area (Å²) < 4.78 is 0. The second-order valence-electron chi connectivity index (χ2n) is 4.63. The lowest BCUT2D eigenvalue weighted by atomic mass is 9.90. The van der Waals surface area contributed by atoms with Crippen LogP contribution in [0.1, 0.15) is 35.8 Å². The Morgan fingerprint density at radius 2 is 2.19 bits per heavy atom. The Hall–Kier alpha value is -0.870. The topological polar surface area (TPSA) is 57.5 Å². The van der Waals surface area contributed by atoms with E-state index in [9.17, 15) is 9.90 Å². The van der Waals surface area contributed by atoms with Crippen LogP contribution >= 0.6 is 11.3 Å². The van der Waals surface area contributed by atoms with Crippen LogP contribution in [0.5, 0.6) is 0 Å². The molecule has 0 amide bonds. The van der Waals surface area contributed by atoms with Crippen molar-refractivity contribution in [2.24, 2.45) is 0 Å². The Bertz CT molecular complexity index is 406. The van der Waals surface area contributed by atoms with E-state index in [4.69, 9.17) is 5.11 Å². The summed E-state index contributed by atoms with van der Waals surface area (Å²) in [5.41, 5.74) is 0.664. The van der Waals surface area contributed by atoms with Crippen molar-refractivity contribution in [3.8, 4) is 0 Å². The van der Waals surface area contributed by atoms with Gasteiger partial charge in [-0.2, -0.15) is 0 Å². The van der Waals surface area contributed by atoms with E-state index in [1.54, 1.807) is 11.3 Å². The number of thiophene rings is 1. The highest BCUT2D eigenvalue weighted by Gasteiger charge is 2.32. The van der Waals surface area contributed by atoms with Gasteiger partial charge in [-0.25, -0.2) is 4.79 Å². The fourth-order valence-corrected chi connectivity index (χ4v) is 3.30. The first-order valence-electron chi connectivity index (χ1n) is 5.54. The van der Waals surface area contributed by atoms with E-state index < -0.39 is 11.6 Å². The molecule has 1 aliphatic rings. The van der Waals surface area contributed by atoms with Crippen LogP contribution < -0.4 is 0 Å². The highest BCUT2D eigenvalue weighted by molar-refractivity contribution is 7.10. The first kappa shape index (κ1) is 11.6. The summed E-state index contributed by atoms with van der Waals surface area (Å²) in [7, 11) is 0. The summed E-state index contributed by atoms with van der Waals surface area (Å²) in [6.45, 7) is 1.36. The number of aryl methyl sites for hydroxylation is 1. The van der Waals surface area contributed by atoms with Gasteiger partial charge in [-0.3, -0.25) is 0 Å². The molecule has 0 bridgehead atoms. The number of aliphatic carboxylic acids is 1. The first-order valence-corrected chi connectivity index (χ1v) is 6.42. The Balaban J connectivity index is 2.22. The van der Waals surface area contributed by atoms with E-state index in [2.05, 4.69) is 0 Å². The van der Waals surface area contributed by atoms with E-state index in [1.807, 2.05) is 5.38 Å². The minimum atomic E-state index is -1.65. The molecule has 1 aromatic rings. The van der Waals surface area contributed by atoms with E-state index in [0.29, 0.717) is 0 Å². The van der Waals surface area contributed by atoms with Crippen molar-refractivity contribution >= 4 is 17.3 Å². The maximum Gasteiger partial charge on any atom is 0.335 e. The van der Waals surface area contributed by atoms with Crippen molar-refractivity contribution in [2.45, 2.75) is 44.6 Å². The molecule has 2 N–H and O–H groups in total. The minimum Gasteiger partial charge on any atom is -0.479 e. The number of carboxylic acids is 1. The summed E-state index contributed by atoms with van der Waals surface area (Å²) >= 11 is 1.70. The van der Waals surface area contributed by atoms with E-state index >= 15 is 0 Å². The van der Waals surface area contributed by atoms with Gasteiger partial charge in [-0.1, -0.05) is 0 Å². The Kier molecular flexibility index (Phi) is 3.04. The van der Waals surface area contributed by atoms with E-state index in [-0.39, 0.29) is 6.42 Å². The molecule has 1 atom stereocenters. The largest absolute Gasteiger partial charge is 0.479 e. The van der Waals surface area contributed by atoms with Crippen molar-refractivity contribution < 1.29 is 15.0 Å². The molecule has 0 saturated heterocycles. The van der Waals surface area contributed by atoms with Crippen molar-refractivity contribution in [2.75, 3.05) is 0 Å². The Morgan fingerprint density at radius 3 is 2.88 bits per heavy atom. The monoisotopic (exact) mass is 240 g/mol. The molecule has 1 heterocycles. The molecule has 1 aromatic heterocycles. The number of hydrogen-bond acceptors (Lipinski definition) is 3. The Labute approximate surface area is 98.7 Å². The molecule has 3 nitrogen and oxygen atoms in total. The molecule has 0 aromatic carbocycles. The number of hydrogen-bond donors (Lipinski definition) is 2. The van der Waals surface area contributed by atoms with Crippen LogP contribution in [0.25, 0.3) is 0 Å². The zero-order valence-electron chi connectivity index (χ0n) is 9.32. The first-order chi connectivity index (χ1) is 7.50. The molecule has 1 aliphatic carbocycles. The minimum absolute atomic E-state index is 0.216. The highest BCUT2D eigenvalue weighted by Crippen LogP contribution is 2.32. The zero-order chi connectivity index (χ0) is 11.8. The maximum absolute atomic E-state index is 10.9. The summed E-state index contributed by atoms with van der Waals surface area (Å²) in [6.07, 6.45) is 4.75. The average Bonchev–Trinajstić information content (AvgIpc) is 2.61. The summed E-state index contributed by atoms with van der Waals surface area (Å²) in [5, 5.41) is 20.7. The van der Waals surface area contributed by atoms with Gasteiger partial charge in [0.2, 0.25) is 0 Å². The molecule has 2 rings (SSSR count). The number of carbonyl (C=O) groups is 1. The molecule has 0 aliphatic heterocycles. The third-order valence-electron chi connectivity index (χ3n) is 3.14. The molecule has 0 radical (unpaired) electrons. The van der Waals surface area contributed by atoms with Crippen molar-refractivity contribution in [1.29, 1.82) is 0 Å². The van der Waals surface area contributed by atoms with Crippen LogP contribution in [-0.4, -0.2) is 21.8 Å². The summed E-state index contributed by atoms with van der Waals surface area (Å²) in [5.74, 6) is -1.15. The molecule has 1 unspecified atom stereocenters. The van der Waals surface area contributed by atoms with Crippen molar-refractivity contribution in [3.63, 3.8) is 0 Å². The van der Waals surface area contributed by atoms with E-state index in [1.165, 1.54) is 30.2 Å². The number of fused-ring (bicyclic) bond motifs is 1. The fourth-order valence-electron chi connectivity index (χ4n) is 2.16. The molecule has 16 heavy (non-hydrogen) atoms. The van der Waals surface area contributed by atoms with Gasteiger partial charge in [0.15, 0.2) is 5.60 Å². The van der Waals surface area contributed by atoms with Gasteiger partial charge < -0.3 is 10.2 Å². The quantitative estimate of drug-likeness (QED) is 0.849. The molecular weight excluding hydrogens is 224 g/mol. The number of aliphatic hydroxyl groups is 1. The van der Waals surface area contributed by atoms with Gasteiger partial charge in [0, 0.05) is 11.3 Å². The second-order valence-corrected chi connectivity index (χ2v) is 5.59. The molecule has 0 saturated carbocycles. The fraction of sp³-hybridized carbons (Fsp3) is 0.583. The van der Waals surface area contributed by atoms with Gasteiger partial charge >= 0.3 is 5.97 Å². The molecule has 88 valence electrons.